The summed E-state index contributed by atoms with van der Waals surface area (Å²) in [7, 11) is 0. The van der Waals surface area contributed by atoms with Crippen LogP contribution in [-0.4, -0.2) is 29.6 Å². The lowest BCUT2D eigenvalue weighted by molar-refractivity contribution is -0.137. The van der Waals surface area contributed by atoms with Crippen LogP contribution in [0.25, 0.3) is 0 Å². The van der Waals surface area contributed by atoms with E-state index in [1.165, 1.54) is 12.1 Å². The molecule has 5 heteroatoms. The van der Waals surface area contributed by atoms with Crippen molar-refractivity contribution in [1.82, 2.24) is 0 Å². The lowest BCUT2D eigenvalue weighted by Gasteiger charge is -2.00. The van der Waals surface area contributed by atoms with Gasteiger partial charge in [-0.3, -0.25) is 4.79 Å². The largest absolute Gasteiger partial charge is 0.481 e. The van der Waals surface area contributed by atoms with Crippen LogP contribution < -0.4 is 0 Å². The molecule has 1 atom stereocenters. The number of nitrogens with zero attached hydrogens (tertiary/aromatic N) is 1. The predicted molar refractivity (Wildman–Crippen MR) is 54.9 cm³/mol. The van der Waals surface area contributed by atoms with E-state index in [2.05, 4.69) is 4.99 Å². The molecule has 16 heavy (non-hydrogen) atoms. The van der Waals surface area contributed by atoms with Crippen LogP contribution in [0.3, 0.4) is 0 Å². The highest BCUT2D eigenvalue weighted by molar-refractivity contribution is 5.95. The molecule has 1 heterocycles. The molecule has 2 rings (SSSR count). The summed E-state index contributed by atoms with van der Waals surface area (Å²) in [6.07, 6.45) is -0.0706. The second-order valence-corrected chi connectivity index (χ2v) is 3.51. The van der Waals surface area contributed by atoms with Gasteiger partial charge in [-0.2, -0.15) is 0 Å². The lowest BCUT2D eigenvalue weighted by atomic mass is 10.2. The van der Waals surface area contributed by atoms with Crippen LogP contribution in [0.5, 0.6) is 0 Å². The Hall–Kier alpha value is -1.91. The number of carboxylic acid groups (broad SMARTS) is 1. The molecule has 0 saturated heterocycles. The average molecular weight is 223 g/mol. The van der Waals surface area contributed by atoms with Crippen molar-refractivity contribution in [3.8, 4) is 0 Å². The molecule has 84 valence electrons. The summed E-state index contributed by atoms with van der Waals surface area (Å²) in [4.78, 5) is 14.6. The summed E-state index contributed by atoms with van der Waals surface area (Å²) in [5, 5.41) is 8.59. The number of benzene rings is 1. The fourth-order valence-corrected chi connectivity index (χ4v) is 1.50. The fourth-order valence-electron chi connectivity index (χ4n) is 1.50. The molecule has 0 saturated carbocycles. The Balaban J connectivity index is 2.14. The Bertz CT molecular complexity index is 445. The van der Waals surface area contributed by atoms with E-state index < -0.39 is 5.97 Å². The van der Waals surface area contributed by atoms with Crippen molar-refractivity contribution in [2.24, 2.45) is 4.99 Å². The topological polar surface area (TPSA) is 58.9 Å². The maximum absolute atomic E-state index is 12.9. The van der Waals surface area contributed by atoms with Crippen LogP contribution in [-0.2, 0) is 9.53 Å². The quantitative estimate of drug-likeness (QED) is 0.843. The molecule has 1 aromatic carbocycles. The molecule has 4 nitrogen and oxygen atoms in total. The molecule has 0 amide bonds. The molecule has 0 spiro atoms. The van der Waals surface area contributed by atoms with E-state index in [0.717, 1.165) is 0 Å². The van der Waals surface area contributed by atoms with Crippen LogP contribution in [0.4, 0.5) is 4.39 Å². The Morgan fingerprint density at radius 2 is 2.44 bits per heavy atom. The van der Waals surface area contributed by atoms with Gasteiger partial charge in [0.05, 0.1) is 12.5 Å². The minimum absolute atomic E-state index is 0.0706. The van der Waals surface area contributed by atoms with Crippen molar-refractivity contribution in [3.63, 3.8) is 0 Å². The minimum Gasteiger partial charge on any atom is -0.481 e. The first-order valence-corrected chi connectivity index (χ1v) is 4.83. The summed E-state index contributed by atoms with van der Waals surface area (Å²) in [5.74, 6) is -0.978. The molecular formula is C11H10FNO3. The third-order valence-corrected chi connectivity index (χ3v) is 2.19. The summed E-state index contributed by atoms with van der Waals surface area (Å²) >= 11 is 0. The molecule has 0 fully saturated rings. The maximum Gasteiger partial charge on any atom is 0.305 e. The van der Waals surface area contributed by atoms with Crippen LogP contribution in [0.2, 0.25) is 0 Å². The first kappa shape index (κ1) is 10.6. The standard InChI is InChI=1S/C11H10FNO3/c12-8-3-1-2-7(4-8)11-13-9(6-16-11)5-10(14)15/h1-4,9H,5-6H2,(H,14,15). The van der Waals surface area contributed by atoms with E-state index in [-0.39, 0.29) is 24.9 Å². The summed E-state index contributed by atoms with van der Waals surface area (Å²) < 4.78 is 18.2. The predicted octanol–water partition coefficient (Wildman–Crippen LogP) is 1.45. The van der Waals surface area contributed by atoms with Gasteiger partial charge in [0.1, 0.15) is 12.4 Å². The molecule has 0 aromatic heterocycles. The van der Waals surface area contributed by atoms with Crippen molar-refractivity contribution in [3.05, 3.63) is 35.6 Å². The molecule has 1 N–H and O–H groups in total. The number of carboxylic acids is 1. The SMILES string of the molecule is O=C(O)CC1COC(c2cccc(F)c2)=N1. The molecule has 0 bridgehead atoms. The van der Waals surface area contributed by atoms with Crippen LogP contribution in [0.1, 0.15) is 12.0 Å². The third-order valence-electron chi connectivity index (χ3n) is 2.19. The average Bonchev–Trinajstić information content (AvgIpc) is 2.65. The normalized spacial score (nSPS) is 19.1. The van der Waals surface area contributed by atoms with Gasteiger partial charge >= 0.3 is 5.97 Å². The molecule has 1 aromatic rings. The smallest absolute Gasteiger partial charge is 0.305 e. The van der Waals surface area contributed by atoms with E-state index in [1.54, 1.807) is 12.1 Å². The number of rotatable bonds is 3. The van der Waals surface area contributed by atoms with E-state index in [4.69, 9.17) is 9.84 Å². The van der Waals surface area contributed by atoms with E-state index in [9.17, 15) is 9.18 Å². The third kappa shape index (κ3) is 2.36. The van der Waals surface area contributed by atoms with Gasteiger partial charge in [-0.15, -0.1) is 0 Å². The van der Waals surface area contributed by atoms with Gasteiger partial charge in [0.25, 0.3) is 0 Å². The fraction of sp³-hybridized carbons (Fsp3) is 0.273. The second kappa shape index (κ2) is 4.30. The highest BCUT2D eigenvalue weighted by Gasteiger charge is 2.22. The number of aliphatic carboxylic acids is 1. The number of halogens is 1. The highest BCUT2D eigenvalue weighted by atomic mass is 19.1. The van der Waals surface area contributed by atoms with Gasteiger partial charge in [-0.1, -0.05) is 6.07 Å². The molecule has 1 unspecified atom stereocenters. The first-order chi connectivity index (χ1) is 7.65. The molecule has 1 aliphatic heterocycles. The number of hydrogen-bond acceptors (Lipinski definition) is 3. The van der Waals surface area contributed by atoms with E-state index in [1.807, 2.05) is 0 Å². The van der Waals surface area contributed by atoms with E-state index >= 15 is 0 Å². The Morgan fingerprint density at radius 1 is 1.62 bits per heavy atom. The minimum atomic E-state index is -0.919. The number of hydrogen-bond donors (Lipinski definition) is 1. The van der Waals surface area contributed by atoms with Crippen LogP contribution >= 0.6 is 0 Å². The van der Waals surface area contributed by atoms with Gasteiger partial charge in [-0.25, -0.2) is 9.38 Å². The second-order valence-electron chi connectivity index (χ2n) is 3.51. The molecule has 0 aliphatic carbocycles. The number of aliphatic imine (C=N–C) groups is 1. The van der Waals surface area contributed by atoms with Gasteiger partial charge in [0, 0.05) is 5.56 Å². The summed E-state index contributed by atoms with van der Waals surface area (Å²) in [6.45, 7) is 0.234. The van der Waals surface area contributed by atoms with Gasteiger partial charge in [-0.05, 0) is 18.2 Å². The zero-order valence-corrected chi connectivity index (χ0v) is 8.39. The van der Waals surface area contributed by atoms with Crippen molar-refractivity contribution in [2.45, 2.75) is 12.5 Å². The van der Waals surface area contributed by atoms with Gasteiger partial charge in [0.2, 0.25) is 5.90 Å². The molecule has 0 radical (unpaired) electrons. The Morgan fingerprint density at radius 3 is 3.12 bits per heavy atom. The van der Waals surface area contributed by atoms with Gasteiger partial charge < -0.3 is 9.84 Å². The Labute approximate surface area is 91.4 Å². The Kier molecular flexibility index (Phi) is 2.85. The first-order valence-electron chi connectivity index (χ1n) is 4.83. The van der Waals surface area contributed by atoms with E-state index in [0.29, 0.717) is 11.5 Å². The lowest BCUT2D eigenvalue weighted by Crippen LogP contribution is -2.12. The maximum atomic E-state index is 12.9. The van der Waals surface area contributed by atoms with Crippen molar-refractivity contribution in [1.29, 1.82) is 0 Å². The summed E-state index contributed by atoms with van der Waals surface area (Å²) in [5.41, 5.74) is 0.535. The van der Waals surface area contributed by atoms with Gasteiger partial charge in [0.15, 0.2) is 0 Å². The number of carbonyl (C=O) groups is 1. The molecular weight excluding hydrogens is 213 g/mol. The van der Waals surface area contributed by atoms with Crippen molar-refractivity contribution < 1.29 is 19.0 Å². The van der Waals surface area contributed by atoms with Crippen molar-refractivity contribution >= 4 is 11.9 Å². The van der Waals surface area contributed by atoms with Crippen LogP contribution in [0.15, 0.2) is 29.3 Å². The zero-order chi connectivity index (χ0) is 11.5. The highest BCUT2D eigenvalue weighted by Crippen LogP contribution is 2.15. The van der Waals surface area contributed by atoms with Crippen molar-refractivity contribution in [2.75, 3.05) is 6.61 Å². The molecule has 1 aliphatic rings. The summed E-state index contributed by atoms with van der Waals surface area (Å²) in [6, 6.07) is 5.48. The zero-order valence-electron chi connectivity index (χ0n) is 8.39. The monoisotopic (exact) mass is 223 g/mol. The number of ether oxygens (including phenoxy) is 1. The van der Waals surface area contributed by atoms with Crippen LogP contribution in [0, 0.1) is 5.82 Å².